The first kappa shape index (κ1) is 15.8. The summed E-state index contributed by atoms with van der Waals surface area (Å²) in [5, 5.41) is 3.52. The van der Waals surface area contributed by atoms with Crippen LogP contribution in [0.3, 0.4) is 0 Å². The summed E-state index contributed by atoms with van der Waals surface area (Å²) in [5.41, 5.74) is 1.40. The molecule has 3 rings (SSSR count). The van der Waals surface area contributed by atoms with Gasteiger partial charge in [-0.3, -0.25) is 4.79 Å². The Bertz CT molecular complexity index is 616. The van der Waals surface area contributed by atoms with Gasteiger partial charge in [0.15, 0.2) is 5.78 Å². The average Bonchev–Trinajstić information content (AvgIpc) is 2.63. The van der Waals surface area contributed by atoms with Gasteiger partial charge in [0, 0.05) is 17.2 Å². The highest BCUT2D eigenvalue weighted by Gasteiger charge is 2.12. The van der Waals surface area contributed by atoms with E-state index in [0.717, 1.165) is 18.7 Å². The van der Waals surface area contributed by atoms with Crippen LogP contribution in [0.1, 0.15) is 41.6 Å². The van der Waals surface area contributed by atoms with Gasteiger partial charge in [-0.05, 0) is 50.1 Å². The van der Waals surface area contributed by atoms with Gasteiger partial charge in [0.05, 0.1) is 6.61 Å². The molecule has 1 aliphatic rings. The van der Waals surface area contributed by atoms with Gasteiger partial charge in [-0.15, -0.1) is 0 Å². The van der Waals surface area contributed by atoms with Gasteiger partial charge in [0.2, 0.25) is 0 Å². The lowest BCUT2D eigenvalue weighted by Gasteiger charge is -2.23. The molecular formula is C20H23NO2. The Morgan fingerprint density at radius 2 is 1.74 bits per heavy atom. The Morgan fingerprint density at radius 1 is 1.00 bits per heavy atom. The Labute approximate surface area is 137 Å². The summed E-state index contributed by atoms with van der Waals surface area (Å²) in [6, 6.07) is 17.4. The number of piperidine rings is 1. The molecule has 0 spiro atoms. The second-order valence-electron chi connectivity index (χ2n) is 6.00. The predicted molar refractivity (Wildman–Crippen MR) is 92.1 cm³/mol. The summed E-state index contributed by atoms with van der Waals surface area (Å²) in [6.45, 7) is 1.84. The van der Waals surface area contributed by atoms with Crippen molar-refractivity contribution in [2.75, 3.05) is 13.2 Å². The minimum Gasteiger partial charge on any atom is -0.494 e. The van der Waals surface area contributed by atoms with Crippen molar-refractivity contribution in [3.63, 3.8) is 0 Å². The zero-order chi connectivity index (χ0) is 15.9. The lowest BCUT2D eigenvalue weighted by Crippen LogP contribution is -2.35. The van der Waals surface area contributed by atoms with E-state index >= 15 is 0 Å². The van der Waals surface area contributed by atoms with E-state index < -0.39 is 0 Å². The van der Waals surface area contributed by atoms with Crippen molar-refractivity contribution in [2.24, 2.45) is 0 Å². The van der Waals surface area contributed by atoms with Gasteiger partial charge in [-0.1, -0.05) is 36.8 Å². The lowest BCUT2D eigenvalue weighted by molar-refractivity contribution is 0.103. The largest absolute Gasteiger partial charge is 0.494 e. The first-order valence-electron chi connectivity index (χ1n) is 8.39. The molecule has 1 saturated heterocycles. The number of ketones is 1. The normalized spacial score (nSPS) is 17.7. The van der Waals surface area contributed by atoms with Crippen molar-refractivity contribution in [2.45, 2.75) is 31.7 Å². The molecule has 0 saturated carbocycles. The molecule has 120 valence electrons. The molecule has 2 aromatic rings. The average molecular weight is 309 g/mol. The summed E-state index contributed by atoms with van der Waals surface area (Å²) in [7, 11) is 0. The van der Waals surface area contributed by atoms with Crippen molar-refractivity contribution < 1.29 is 9.53 Å². The molecule has 2 aromatic carbocycles. The highest BCUT2D eigenvalue weighted by atomic mass is 16.5. The minimum absolute atomic E-state index is 0.0450. The molecule has 0 amide bonds. The molecule has 3 heteroatoms. The molecule has 0 aliphatic carbocycles. The number of ether oxygens (including phenoxy) is 1. The molecule has 0 aromatic heterocycles. The molecule has 1 fully saturated rings. The maximum Gasteiger partial charge on any atom is 0.193 e. The van der Waals surface area contributed by atoms with Crippen molar-refractivity contribution in [3.05, 3.63) is 65.7 Å². The van der Waals surface area contributed by atoms with Gasteiger partial charge < -0.3 is 10.1 Å². The molecule has 3 nitrogen and oxygen atoms in total. The summed E-state index contributed by atoms with van der Waals surface area (Å²) >= 11 is 0. The molecule has 1 N–H and O–H groups in total. The summed E-state index contributed by atoms with van der Waals surface area (Å²) in [6.07, 6.45) is 4.88. The molecule has 1 heterocycles. The fourth-order valence-corrected chi connectivity index (χ4v) is 2.95. The smallest absolute Gasteiger partial charge is 0.193 e. The van der Waals surface area contributed by atoms with Gasteiger partial charge in [-0.2, -0.15) is 0 Å². The van der Waals surface area contributed by atoms with E-state index in [0.29, 0.717) is 23.8 Å². The van der Waals surface area contributed by atoms with Gasteiger partial charge in [0.1, 0.15) is 5.75 Å². The zero-order valence-corrected chi connectivity index (χ0v) is 13.3. The van der Waals surface area contributed by atoms with Crippen LogP contribution in [0.25, 0.3) is 0 Å². The van der Waals surface area contributed by atoms with E-state index in [9.17, 15) is 4.79 Å². The number of carbonyl (C=O) groups excluding carboxylic acids is 1. The van der Waals surface area contributed by atoms with Gasteiger partial charge in [0.25, 0.3) is 0 Å². The Kier molecular flexibility index (Phi) is 5.43. The third-order valence-electron chi connectivity index (χ3n) is 4.30. The quantitative estimate of drug-likeness (QED) is 0.824. The first-order chi connectivity index (χ1) is 11.3. The number of carbonyl (C=O) groups is 1. The maximum absolute atomic E-state index is 12.3. The third-order valence-corrected chi connectivity index (χ3v) is 4.30. The first-order valence-corrected chi connectivity index (χ1v) is 8.39. The molecule has 1 atom stereocenters. The van der Waals surface area contributed by atoms with E-state index in [1.54, 1.807) is 0 Å². The predicted octanol–water partition coefficient (Wildman–Crippen LogP) is 3.83. The van der Waals surface area contributed by atoms with Crippen LogP contribution < -0.4 is 10.1 Å². The number of hydrogen-bond acceptors (Lipinski definition) is 3. The molecule has 1 unspecified atom stereocenters. The minimum atomic E-state index is 0.0450. The highest BCUT2D eigenvalue weighted by molar-refractivity contribution is 6.08. The number of hydrogen-bond donors (Lipinski definition) is 1. The molecular weight excluding hydrogens is 286 g/mol. The van der Waals surface area contributed by atoms with Crippen LogP contribution in [0.2, 0.25) is 0 Å². The van der Waals surface area contributed by atoms with Crippen LogP contribution in [0.15, 0.2) is 54.6 Å². The van der Waals surface area contributed by atoms with Crippen LogP contribution in [-0.4, -0.2) is 25.0 Å². The third kappa shape index (κ3) is 4.42. The van der Waals surface area contributed by atoms with E-state index in [1.165, 1.54) is 19.3 Å². The molecule has 23 heavy (non-hydrogen) atoms. The molecule has 0 bridgehead atoms. The summed E-state index contributed by atoms with van der Waals surface area (Å²) in [5.74, 6) is 0.869. The maximum atomic E-state index is 12.3. The topological polar surface area (TPSA) is 38.3 Å². The van der Waals surface area contributed by atoms with Crippen molar-refractivity contribution >= 4 is 5.78 Å². The molecule has 0 radical (unpaired) electrons. The molecule has 1 aliphatic heterocycles. The Morgan fingerprint density at radius 3 is 2.43 bits per heavy atom. The summed E-state index contributed by atoms with van der Waals surface area (Å²) in [4.78, 5) is 12.3. The highest BCUT2D eigenvalue weighted by Crippen LogP contribution is 2.17. The van der Waals surface area contributed by atoms with Crippen LogP contribution in [-0.2, 0) is 0 Å². The number of benzene rings is 2. The van der Waals surface area contributed by atoms with E-state index in [4.69, 9.17) is 4.74 Å². The Hall–Kier alpha value is -2.13. The van der Waals surface area contributed by atoms with Crippen LogP contribution >= 0.6 is 0 Å². The van der Waals surface area contributed by atoms with E-state index in [2.05, 4.69) is 5.32 Å². The van der Waals surface area contributed by atoms with Crippen molar-refractivity contribution in [1.29, 1.82) is 0 Å². The van der Waals surface area contributed by atoms with Crippen LogP contribution in [0.4, 0.5) is 0 Å². The fraction of sp³-hybridized carbons (Fsp3) is 0.350. The van der Waals surface area contributed by atoms with Crippen molar-refractivity contribution in [3.8, 4) is 5.75 Å². The van der Waals surface area contributed by atoms with Crippen LogP contribution in [0.5, 0.6) is 5.75 Å². The monoisotopic (exact) mass is 309 g/mol. The lowest BCUT2D eigenvalue weighted by atomic mass is 10.0. The number of nitrogens with one attached hydrogen (secondary N) is 1. The summed E-state index contributed by atoms with van der Waals surface area (Å²) < 4.78 is 5.80. The van der Waals surface area contributed by atoms with Gasteiger partial charge in [-0.25, -0.2) is 0 Å². The second-order valence-corrected chi connectivity index (χ2v) is 6.00. The number of rotatable bonds is 6. The van der Waals surface area contributed by atoms with Crippen molar-refractivity contribution in [1.82, 2.24) is 5.32 Å². The second kappa shape index (κ2) is 7.93. The van der Waals surface area contributed by atoms with E-state index in [-0.39, 0.29) is 5.78 Å². The zero-order valence-electron chi connectivity index (χ0n) is 13.3. The van der Waals surface area contributed by atoms with E-state index in [1.807, 2.05) is 54.6 Å². The standard InChI is InChI=1S/C20H23NO2/c22-20(16-6-2-1-3-7-16)17-9-11-19(12-10-17)23-15-13-18-8-4-5-14-21-18/h1-3,6-7,9-12,18,21H,4-5,8,13-15H2. The SMILES string of the molecule is O=C(c1ccccc1)c1ccc(OCCC2CCCCN2)cc1. The Balaban J connectivity index is 1.51. The van der Waals surface area contributed by atoms with Crippen LogP contribution in [0, 0.1) is 0 Å². The fourth-order valence-electron chi connectivity index (χ4n) is 2.95. The van der Waals surface area contributed by atoms with Gasteiger partial charge >= 0.3 is 0 Å².